The van der Waals surface area contributed by atoms with Crippen molar-refractivity contribution in [1.29, 1.82) is 0 Å². The summed E-state index contributed by atoms with van der Waals surface area (Å²) in [7, 11) is 0. The molecule has 8 heteroatoms. The number of aryl methyl sites for hydroxylation is 1. The first-order valence-electron chi connectivity index (χ1n) is 10.4. The van der Waals surface area contributed by atoms with Crippen LogP contribution in [-0.4, -0.2) is 46.7 Å². The second-order valence-electron chi connectivity index (χ2n) is 7.81. The van der Waals surface area contributed by atoms with E-state index in [1.807, 2.05) is 36.1 Å². The first-order valence-corrected chi connectivity index (χ1v) is 10.4. The first kappa shape index (κ1) is 19.4. The smallest absolute Gasteiger partial charge is 0.274 e. The largest absolute Gasteiger partial charge is 0.467 e. The Morgan fingerprint density at radius 1 is 1.13 bits per heavy atom. The fourth-order valence-corrected chi connectivity index (χ4v) is 4.10. The monoisotopic (exact) mass is 420 g/mol. The average molecular weight is 420 g/mol. The van der Waals surface area contributed by atoms with E-state index in [2.05, 4.69) is 20.9 Å². The molecule has 0 unspecified atom stereocenters. The summed E-state index contributed by atoms with van der Waals surface area (Å²) in [4.78, 5) is 26.0. The molecule has 0 N–H and O–H groups in total. The molecular weight excluding hydrogens is 396 g/mol. The summed E-state index contributed by atoms with van der Waals surface area (Å²) in [5.41, 5.74) is 2.25. The third-order valence-electron chi connectivity index (χ3n) is 5.79. The van der Waals surface area contributed by atoms with E-state index < -0.39 is 0 Å². The van der Waals surface area contributed by atoms with Crippen LogP contribution in [0.2, 0.25) is 0 Å². The second-order valence-corrected chi connectivity index (χ2v) is 7.81. The van der Waals surface area contributed by atoms with Gasteiger partial charge < -0.3 is 23.7 Å². The van der Waals surface area contributed by atoms with Gasteiger partial charge in [-0.1, -0.05) is 0 Å². The maximum absolute atomic E-state index is 13.3. The minimum absolute atomic E-state index is 0.0889. The van der Waals surface area contributed by atoms with Gasteiger partial charge in [-0.15, -0.1) is 0 Å². The van der Waals surface area contributed by atoms with Crippen molar-refractivity contribution in [3.63, 3.8) is 0 Å². The van der Waals surface area contributed by atoms with Gasteiger partial charge in [-0.3, -0.25) is 9.78 Å². The number of carbonyl (C=O) groups excluding carboxylic acids is 1. The lowest BCUT2D eigenvalue weighted by molar-refractivity contribution is 0.0607. The molecule has 31 heavy (non-hydrogen) atoms. The SMILES string of the molecule is Cc1cnc(C(=O)N(Cc2ccco2)C2CCN(c3ccc4c(c3)OCO4)CC2)cn1. The number of hydrogen-bond donors (Lipinski definition) is 0. The molecule has 160 valence electrons. The van der Waals surface area contributed by atoms with E-state index >= 15 is 0 Å². The lowest BCUT2D eigenvalue weighted by atomic mass is 10.0. The van der Waals surface area contributed by atoms with E-state index in [-0.39, 0.29) is 18.7 Å². The molecule has 0 atom stereocenters. The highest BCUT2D eigenvalue weighted by molar-refractivity contribution is 5.92. The summed E-state index contributed by atoms with van der Waals surface area (Å²) in [5, 5.41) is 0. The summed E-state index contributed by atoms with van der Waals surface area (Å²) in [6.45, 7) is 4.22. The summed E-state index contributed by atoms with van der Waals surface area (Å²) >= 11 is 0. The number of aromatic nitrogens is 2. The molecule has 4 heterocycles. The zero-order chi connectivity index (χ0) is 21.2. The van der Waals surface area contributed by atoms with Crippen molar-refractivity contribution >= 4 is 11.6 Å². The van der Waals surface area contributed by atoms with E-state index in [4.69, 9.17) is 13.9 Å². The van der Waals surface area contributed by atoms with Crippen LogP contribution in [0.4, 0.5) is 5.69 Å². The Labute approximate surface area is 180 Å². The zero-order valence-electron chi connectivity index (χ0n) is 17.4. The molecule has 1 fully saturated rings. The van der Waals surface area contributed by atoms with Gasteiger partial charge in [0.05, 0.1) is 24.7 Å². The minimum Gasteiger partial charge on any atom is -0.467 e. The Morgan fingerprint density at radius 3 is 2.71 bits per heavy atom. The maximum Gasteiger partial charge on any atom is 0.274 e. The van der Waals surface area contributed by atoms with Crippen LogP contribution in [-0.2, 0) is 6.54 Å². The molecule has 2 aliphatic heterocycles. The molecule has 0 spiro atoms. The molecule has 2 aliphatic rings. The number of anilines is 1. The molecule has 0 radical (unpaired) electrons. The molecule has 0 bridgehead atoms. The van der Waals surface area contributed by atoms with Crippen molar-refractivity contribution in [2.45, 2.75) is 32.4 Å². The van der Waals surface area contributed by atoms with E-state index in [0.29, 0.717) is 12.2 Å². The predicted molar refractivity (Wildman–Crippen MR) is 113 cm³/mol. The normalized spacial score (nSPS) is 15.8. The number of fused-ring (bicyclic) bond motifs is 1. The van der Waals surface area contributed by atoms with Crippen LogP contribution in [0.15, 0.2) is 53.4 Å². The highest BCUT2D eigenvalue weighted by Crippen LogP contribution is 2.36. The fraction of sp³-hybridized carbons (Fsp3) is 0.348. The molecule has 0 aliphatic carbocycles. The predicted octanol–water partition coefficient (Wildman–Crippen LogP) is 3.42. The number of piperidine rings is 1. The summed E-state index contributed by atoms with van der Waals surface area (Å²) < 4.78 is 16.4. The van der Waals surface area contributed by atoms with Gasteiger partial charge in [0, 0.05) is 37.1 Å². The van der Waals surface area contributed by atoms with E-state index in [0.717, 1.165) is 54.6 Å². The van der Waals surface area contributed by atoms with E-state index in [1.54, 1.807) is 18.7 Å². The lowest BCUT2D eigenvalue weighted by Crippen LogP contribution is -2.47. The highest BCUT2D eigenvalue weighted by atomic mass is 16.7. The van der Waals surface area contributed by atoms with Crippen LogP contribution >= 0.6 is 0 Å². The number of rotatable bonds is 5. The van der Waals surface area contributed by atoms with Gasteiger partial charge in [0.2, 0.25) is 6.79 Å². The van der Waals surface area contributed by atoms with Gasteiger partial charge >= 0.3 is 0 Å². The standard InChI is InChI=1S/C23H24N4O4/c1-16-12-25-20(13-24-16)23(28)27(14-19-3-2-10-29-19)17-6-8-26(9-7-17)18-4-5-21-22(11-18)31-15-30-21/h2-5,10-13,17H,6-9,14-15H2,1H3. The second kappa shape index (κ2) is 8.29. The summed E-state index contributed by atoms with van der Waals surface area (Å²) in [6, 6.07) is 9.85. The molecule has 8 nitrogen and oxygen atoms in total. The topological polar surface area (TPSA) is 80.9 Å². The van der Waals surface area contributed by atoms with Crippen molar-refractivity contribution in [1.82, 2.24) is 14.9 Å². The fourth-order valence-electron chi connectivity index (χ4n) is 4.10. The van der Waals surface area contributed by atoms with Gasteiger partial charge in [0.25, 0.3) is 5.91 Å². The highest BCUT2D eigenvalue weighted by Gasteiger charge is 2.30. The Bertz CT molecular complexity index is 1040. The Morgan fingerprint density at radius 2 is 1.97 bits per heavy atom. The van der Waals surface area contributed by atoms with Crippen LogP contribution in [0.5, 0.6) is 11.5 Å². The van der Waals surface area contributed by atoms with E-state index in [9.17, 15) is 4.79 Å². The molecule has 3 aromatic rings. The van der Waals surface area contributed by atoms with Gasteiger partial charge in [0.15, 0.2) is 11.5 Å². The number of benzene rings is 1. The number of carbonyl (C=O) groups is 1. The van der Waals surface area contributed by atoms with Gasteiger partial charge in [0.1, 0.15) is 11.5 Å². The Balaban J connectivity index is 1.31. The van der Waals surface area contributed by atoms with Gasteiger partial charge in [-0.05, 0) is 44.0 Å². The Kier molecular flexibility index (Phi) is 5.19. The summed E-state index contributed by atoms with van der Waals surface area (Å²) in [6.07, 6.45) is 6.50. The summed E-state index contributed by atoms with van der Waals surface area (Å²) in [5.74, 6) is 2.21. The first-order chi connectivity index (χ1) is 15.2. The molecule has 0 saturated carbocycles. The van der Waals surface area contributed by atoms with Crippen LogP contribution in [0.3, 0.4) is 0 Å². The van der Waals surface area contributed by atoms with Crippen LogP contribution < -0.4 is 14.4 Å². The zero-order valence-corrected chi connectivity index (χ0v) is 17.4. The molecule has 1 aromatic carbocycles. The van der Waals surface area contributed by atoms with Crippen molar-refractivity contribution in [2.75, 3.05) is 24.8 Å². The minimum atomic E-state index is -0.120. The van der Waals surface area contributed by atoms with Crippen molar-refractivity contribution in [3.8, 4) is 11.5 Å². The third kappa shape index (κ3) is 4.05. The quantitative estimate of drug-likeness (QED) is 0.626. The van der Waals surface area contributed by atoms with E-state index in [1.165, 1.54) is 0 Å². The number of nitrogens with zero attached hydrogens (tertiary/aromatic N) is 4. The number of furan rings is 1. The van der Waals surface area contributed by atoms with Crippen LogP contribution in [0, 0.1) is 6.92 Å². The van der Waals surface area contributed by atoms with Crippen molar-refractivity contribution in [2.24, 2.45) is 0 Å². The molecule has 1 saturated heterocycles. The lowest BCUT2D eigenvalue weighted by Gasteiger charge is -2.39. The molecule has 2 aromatic heterocycles. The molecular formula is C23H24N4O4. The van der Waals surface area contributed by atoms with Gasteiger partial charge in [-0.2, -0.15) is 0 Å². The number of ether oxygens (including phenoxy) is 2. The number of amides is 1. The van der Waals surface area contributed by atoms with Crippen LogP contribution in [0.25, 0.3) is 0 Å². The van der Waals surface area contributed by atoms with Crippen LogP contribution in [0.1, 0.15) is 34.8 Å². The number of hydrogen-bond acceptors (Lipinski definition) is 7. The molecule has 5 rings (SSSR count). The van der Waals surface area contributed by atoms with Crippen molar-refractivity contribution in [3.05, 3.63) is 66.1 Å². The maximum atomic E-state index is 13.3. The molecule has 1 amide bonds. The third-order valence-corrected chi connectivity index (χ3v) is 5.79. The Hall–Kier alpha value is -3.55. The average Bonchev–Trinajstić information content (AvgIpc) is 3.49. The van der Waals surface area contributed by atoms with Gasteiger partial charge in [-0.25, -0.2) is 4.98 Å². The van der Waals surface area contributed by atoms with Crippen molar-refractivity contribution < 1.29 is 18.7 Å².